The van der Waals surface area contributed by atoms with Gasteiger partial charge in [0.25, 0.3) is 0 Å². The maximum Gasteiger partial charge on any atom is 0.0321 e. The van der Waals surface area contributed by atoms with E-state index in [1.165, 1.54) is 5.57 Å². The summed E-state index contributed by atoms with van der Waals surface area (Å²) in [6.45, 7) is 8.81. The van der Waals surface area contributed by atoms with E-state index in [-0.39, 0.29) is 5.41 Å². The molecule has 0 aromatic carbocycles. The van der Waals surface area contributed by atoms with E-state index in [4.69, 9.17) is 0 Å². The topological polar surface area (TPSA) is 0 Å². The highest BCUT2D eigenvalue weighted by Gasteiger charge is 2.33. The van der Waals surface area contributed by atoms with Crippen molar-refractivity contribution in [2.24, 2.45) is 17.3 Å². The van der Waals surface area contributed by atoms with E-state index in [0.717, 1.165) is 12.0 Å². The molecule has 0 aliphatic heterocycles. The van der Waals surface area contributed by atoms with Gasteiger partial charge in [-0.3, -0.25) is 0 Å². The smallest absolute Gasteiger partial charge is 0.0321 e. The Balaban J connectivity index is 2.45. The quantitative estimate of drug-likeness (QED) is 0.633. The van der Waals surface area contributed by atoms with Crippen molar-refractivity contribution in [2.75, 3.05) is 0 Å². The summed E-state index contributed by atoms with van der Waals surface area (Å²) in [5, 5.41) is 0. The summed E-state index contributed by atoms with van der Waals surface area (Å²) in [6, 6.07) is 0. The Morgan fingerprint density at radius 3 is 2.89 bits per heavy atom. The lowest BCUT2D eigenvalue weighted by Gasteiger charge is -2.27. The Kier molecular flexibility index (Phi) is 3.49. The van der Waals surface area contributed by atoms with Crippen LogP contribution < -0.4 is 0 Å². The Morgan fingerprint density at radius 1 is 1.39 bits per heavy atom. The lowest BCUT2D eigenvalue weighted by molar-refractivity contribution is 0.427. The molecule has 2 rings (SSSR count). The van der Waals surface area contributed by atoms with Gasteiger partial charge < -0.3 is 0 Å². The summed E-state index contributed by atoms with van der Waals surface area (Å²) < 4.78 is 0. The minimum absolute atomic E-state index is 0.0151. The van der Waals surface area contributed by atoms with Crippen molar-refractivity contribution >= 4 is 0 Å². The first-order valence-electron chi connectivity index (χ1n) is 6.71. The molecule has 2 aliphatic rings. The van der Waals surface area contributed by atoms with Gasteiger partial charge in [0.05, 0.1) is 0 Å². The maximum atomic E-state index is 3.36. The van der Waals surface area contributed by atoms with Crippen LogP contribution in [0.15, 0.2) is 35.5 Å². The molecule has 3 atom stereocenters. The van der Waals surface area contributed by atoms with Gasteiger partial charge in [0, 0.05) is 22.5 Å². The molecule has 0 heteroatoms. The number of hydrogen-bond acceptors (Lipinski definition) is 0. The van der Waals surface area contributed by atoms with Crippen molar-refractivity contribution in [3.05, 3.63) is 35.5 Å². The van der Waals surface area contributed by atoms with Gasteiger partial charge in [-0.05, 0) is 24.5 Å². The minimum Gasteiger partial charge on any atom is -0.0941 e. The summed E-state index contributed by atoms with van der Waals surface area (Å²) in [4.78, 5) is 0. The van der Waals surface area contributed by atoms with Gasteiger partial charge in [-0.25, -0.2) is 0 Å². The summed E-state index contributed by atoms with van der Waals surface area (Å²) in [5.41, 5.74) is 2.34. The fourth-order valence-corrected chi connectivity index (χ4v) is 2.22. The Labute approximate surface area is 111 Å². The molecule has 2 unspecified atom stereocenters. The van der Waals surface area contributed by atoms with E-state index in [1.807, 2.05) is 6.08 Å². The molecule has 0 bridgehead atoms. The van der Waals surface area contributed by atoms with Crippen LogP contribution in [0.1, 0.15) is 34.1 Å². The van der Waals surface area contributed by atoms with E-state index in [1.54, 1.807) is 0 Å². The molecule has 0 radical (unpaired) electrons. The minimum atomic E-state index is -0.0151. The van der Waals surface area contributed by atoms with Crippen molar-refractivity contribution in [3.8, 4) is 23.7 Å². The van der Waals surface area contributed by atoms with Crippen molar-refractivity contribution < 1.29 is 0 Å². The molecule has 0 spiro atoms. The van der Waals surface area contributed by atoms with Crippen LogP contribution in [0.25, 0.3) is 0 Å². The standard InChI is InChI=1S/C18H20/c1-5-14(2)16-9-6-8-15(3)18(4)13-7-10-17(18)12-11-16/h7,9-10,13-15H,5H2,1-4H3/b16-9+/t14?,15?,18-/m1/s1. The van der Waals surface area contributed by atoms with Gasteiger partial charge >= 0.3 is 0 Å². The van der Waals surface area contributed by atoms with Gasteiger partial charge in [0.2, 0.25) is 0 Å². The molecule has 0 aromatic rings. The van der Waals surface area contributed by atoms with Crippen LogP contribution in [-0.2, 0) is 0 Å². The molecule has 0 aromatic heterocycles. The lowest BCUT2D eigenvalue weighted by Crippen LogP contribution is -2.22. The monoisotopic (exact) mass is 236 g/mol. The molecule has 2 aliphatic carbocycles. The van der Waals surface area contributed by atoms with E-state index in [2.05, 4.69) is 69.6 Å². The third-order valence-electron chi connectivity index (χ3n) is 4.20. The predicted octanol–water partition coefficient (Wildman–Crippen LogP) is 4.12. The van der Waals surface area contributed by atoms with Gasteiger partial charge in [0.1, 0.15) is 0 Å². The first-order valence-corrected chi connectivity index (χ1v) is 6.71. The normalized spacial score (nSPS) is 33.2. The molecule has 0 fully saturated rings. The second kappa shape index (κ2) is 4.91. The predicted molar refractivity (Wildman–Crippen MR) is 77.6 cm³/mol. The molecule has 92 valence electrons. The Hall–Kier alpha value is -1.66. The van der Waals surface area contributed by atoms with Gasteiger partial charge in [-0.15, -0.1) is 0 Å². The third-order valence-corrected chi connectivity index (χ3v) is 4.20. The Morgan fingerprint density at radius 2 is 2.17 bits per heavy atom. The zero-order valence-corrected chi connectivity index (χ0v) is 11.7. The van der Waals surface area contributed by atoms with Crippen molar-refractivity contribution in [1.29, 1.82) is 0 Å². The zero-order chi connectivity index (χ0) is 13.2. The highest BCUT2D eigenvalue weighted by Crippen LogP contribution is 2.40. The highest BCUT2D eigenvalue weighted by molar-refractivity contribution is 5.52. The molecular formula is C18H20. The van der Waals surface area contributed by atoms with Crippen molar-refractivity contribution in [1.82, 2.24) is 0 Å². The molecule has 0 amide bonds. The van der Waals surface area contributed by atoms with Crippen LogP contribution in [0.3, 0.4) is 0 Å². The molecule has 0 saturated carbocycles. The number of hydrogen-bond donors (Lipinski definition) is 0. The molecular weight excluding hydrogens is 216 g/mol. The fourth-order valence-electron chi connectivity index (χ4n) is 2.22. The first-order chi connectivity index (χ1) is 8.58. The van der Waals surface area contributed by atoms with Crippen LogP contribution in [0.2, 0.25) is 0 Å². The van der Waals surface area contributed by atoms with Crippen molar-refractivity contribution in [2.45, 2.75) is 34.1 Å². The average molecular weight is 236 g/mol. The second-order valence-corrected chi connectivity index (χ2v) is 5.39. The third kappa shape index (κ3) is 2.16. The summed E-state index contributed by atoms with van der Waals surface area (Å²) in [7, 11) is 0. The summed E-state index contributed by atoms with van der Waals surface area (Å²) in [6.07, 6.45) is 9.57. The van der Waals surface area contributed by atoms with Gasteiger partial charge in [-0.2, -0.15) is 0 Å². The van der Waals surface area contributed by atoms with E-state index >= 15 is 0 Å². The number of allylic oxidation sites excluding steroid dienone is 6. The molecule has 0 N–H and O–H groups in total. The van der Waals surface area contributed by atoms with E-state index < -0.39 is 0 Å². The average Bonchev–Trinajstić information content (AvgIpc) is 2.75. The van der Waals surface area contributed by atoms with Crippen molar-refractivity contribution in [3.63, 3.8) is 0 Å². The van der Waals surface area contributed by atoms with Crippen LogP contribution in [0, 0.1) is 40.9 Å². The summed E-state index contributed by atoms with van der Waals surface area (Å²) >= 11 is 0. The van der Waals surface area contributed by atoms with Crippen LogP contribution in [-0.4, -0.2) is 0 Å². The van der Waals surface area contributed by atoms with Gasteiger partial charge in [0.15, 0.2) is 0 Å². The SMILES string of the molecule is CCC(C)/C1=C/C#CC(C)[C@@]2(C)C=CC=C2C#C1. The molecule has 0 saturated heterocycles. The van der Waals surface area contributed by atoms with Gasteiger partial charge in [-0.1, -0.05) is 63.5 Å². The number of rotatable bonds is 2. The van der Waals surface area contributed by atoms with Crippen LogP contribution in [0.5, 0.6) is 0 Å². The largest absolute Gasteiger partial charge is 0.0941 e. The zero-order valence-electron chi connectivity index (χ0n) is 11.7. The summed E-state index contributed by atoms with van der Waals surface area (Å²) in [5.74, 6) is 14.0. The lowest BCUT2D eigenvalue weighted by atomic mass is 9.74. The Bertz CT molecular complexity index is 548. The van der Waals surface area contributed by atoms with Crippen LogP contribution in [0.4, 0.5) is 0 Å². The second-order valence-electron chi connectivity index (χ2n) is 5.39. The number of fused-ring (bicyclic) bond motifs is 1. The maximum absolute atomic E-state index is 3.36. The highest BCUT2D eigenvalue weighted by atomic mass is 14.3. The fraction of sp³-hybridized carbons (Fsp3) is 0.444. The molecule has 0 nitrogen and oxygen atoms in total. The van der Waals surface area contributed by atoms with E-state index in [9.17, 15) is 0 Å². The van der Waals surface area contributed by atoms with Crippen LogP contribution >= 0.6 is 0 Å². The first kappa shape index (κ1) is 12.8. The molecule has 0 heterocycles. The molecule has 18 heavy (non-hydrogen) atoms. The van der Waals surface area contributed by atoms with E-state index in [0.29, 0.717) is 11.8 Å².